The monoisotopic (exact) mass is 268 g/mol. The van der Waals surface area contributed by atoms with Gasteiger partial charge in [0, 0.05) is 18.4 Å². The van der Waals surface area contributed by atoms with Crippen molar-refractivity contribution in [2.75, 3.05) is 0 Å². The lowest BCUT2D eigenvalue weighted by Crippen LogP contribution is -2.40. The Hall–Kier alpha value is -1.62. The Morgan fingerprint density at radius 3 is 2.89 bits per heavy atom. The average molecular weight is 269 g/mol. The van der Waals surface area contributed by atoms with E-state index in [4.69, 9.17) is 16.7 Å². The van der Waals surface area contributed by atoms with Crippen LogP contribution in [0, 0.1) is 5.92 Å². The first-order valence-electron chi connectivity index (χ1n) is 5.73. The van der Waals surface area contributed by atoms with Crippen LogP contribution >= 0.6 is 11.6 Å². The summed E-state index contributed by atoms with van der Waals surface area (Å²) < 4.78 is 0. The third kappa shape index (κ3) is 2.61. The fourth-order valence-corrected chi connectivity index (χ4v) is 2.44. The van der Waals surface area contributed by atoms with Crippen molar-refractivity contribution in [3.63, 3.8) is 0 Å². The fourth-order valence-electron chi connectivity index (χ4n) is 2.23. The number of nitrogens with one attached hydrogen (secondary N) is 1. The summed E-state index contributed by atoms with van der Waals surface area (Å²) in [5.74, 6) is -1.71. The summed E-state index contributed by atoms with van der Waals surface area (Å²) in [6, 6.07) is 1.20. The number of nitrogens with zero attached hydrogens (tertiary/aromatic N) is 1. The molecule has 0 spiro atoms. The molecule has 0 bridgehead atoms. The lowest BCUT2D eigenvalue weighted by atomic mass is 10.0. The second kappa shape index (κ2) is 5.35. The van der Waals surface area contributed by atoms with Crippen molar-refractivity contribution in [2.24, 2.45) is 5.92 Å². The third-order valence-electron chi connectivity index (χ3n) is 3.17. The van der Waals surface area contributed by atoms with E-state index in [0.717, 1.165) is 6.42 Å². The van der Waals surface area contributed by atoms with Gasteiger partial charge in [-0.25, -0.2) is 0 Å². The van der Waals surface area contributed by atoms with Crippen LogP contribution in [0.2, 0.25) is 5.02 Å². The molecule has 2 atom stereocenters. The first-order chi connectivity index (χ1) is 8.59. The van der Waals surface area contributed by atoms with Gasteiger partial charge in [0.25, 0.3) is 5.91 Å². The zero-order valence-corrected chi connectivity index (χ0v) is 10.4. The summed E-state index contributed by atoms with van der Waals surface area (Å²) in [5.41, 5.74) is 0.322. The van der Waals surface area contributed by atoms with E-state index in [9.17, 15) is 9.59 Å². The molecular formula is C12H13ClN2O3. The van der Waals surface area contributed by atoms with Gasteiger partial charge in [-0.15, -0.1) is 0 Å². The van der Waals surface area contributed by atoms with Gasteiger partial charge in [-0.2, -0.15) is 0 Å². The molecule has 1 amide bonds. The molecule has 2 N–H and O–H groups in total. The Labute approximate surface area is 109 Å². The zero-order valence-electron chi connectivity index (χ0n) is 9.60. The summed E-state index contributed by atoms with van der Waals surface area (Å²) in [6.45, 7) is 0. The number of rotatable bonds is 3. The topological polar surface area (TPSA) is 79.3 Å². The van der Waals surface area contributed by atoms with Crippen LogP contribution in [0.25, 0.3) is 0 Å². The summed E-state index contributed by atoms with van der Waals surface area (Å²) in [7, 11) is 0. The highest BCUT2D eigenvalue weighted by molar-refractivity contribution is 6.33. The summed E-state index contributed by atoms with van der Waals surface area (Å²) in [4.78, 5) is 26.8. The minimum Gasteiger partial charge on any atom is -0.481 e. The maximum atomic E-state index is 12.0. The second-order valence-corrected chi connectivity index (χ2v) is 4.72. The van der Waals surface area contributed by atoms with Crippen LogP contribution in [0.4, 0.5) is 0 Å². The molecule has 1 aromatic heterocycles. The smallest absolute Gasteiger partial charge is 0.308 e. The van der Waals surface area contributed by atoms with Crippen molar-refractivity contribution in [1.29, 1.82) is 0 Å². The molecule has 5 nitrogen and oxygen atoms in total. The maximum absolute atomic E-state index is 12.0. The van der Waals surface area contributed by atoms with Crippen molar-refractivity contribution < 1.29 is 14.7 Å². The van der Waals surface area contributed by atoms with Crippen molar-refractivity contribution in [3.05, 3.63) is 29.0 Å². The van der Waals surface area contributed by atoms with Crippen LogP contribution in [0.1, 0.15) is 29.6 Å². The van der Waals surface area contributed by atoms with Crippen LogP contribution < -0.4 is 5.32 Å². The van der Waals surface area contributed by atoms with E-state index in [0.29, 0.717) is 18.4 Å². The molecule has 6 heteroatoms. The number of pyridine rings is 1. The summed E-state index contributed by atoms with van der Waals surface area (Å²) in [5, 5.41) is 12.0. The number of carboxylic acid groups (broad SMARTS) is 1. The van der Waals surface area contributed by atoms with Crippen LogP contribution in [0.3, 0.4) is 0 Å². The van der Waals surface area contributed by atoms with E-state index >= 15 is 0 Å². The second-order valence-electron chi connectivity index (χ2n) is 4.31. The molecule has 1 fully saturated rings. The van der Waals surface area contributed by atoms with Gasteiger partial charge in [-0.3, -0.25) is 14.6 Å². The summed E-state index contributed by atoms with van der Waals surface area (Å²) >= 11 is 5.86. The van der Waals surface area contributed by atoms with Gasteiger partial charge in [0.05, 0.1) is 16.5 Å². The molecule has 1 saturated carbocycles. The minimum atomic E-state index is -0.862. The van der Waals surface area contributed by atoms with Crippen LogP contribution in [0.5, 0.6) is 0 Å². The van der Waals surface area contributed by atoms with E-state index < -0.39 is 11.9 Å². The van der Waals surface area contributed by atoms with Gasteiger partial charge in [-0.05, 0) is 18.9 Å². The molecular weight excluding hydrogens is 256 g/mol. The number of carboxylic acids is 1. The van der Waals surface area contributed by atoms with Gasteiger partial charge >= 0.3 is 5.97 Å². The normalized spacial score (nSPS) is 22.7. The van der Waals surface area contributed by atoms with Crippen molar-refractivity contribution in [2.45, 2.75) is 25.3 Å². The largest absolute Gasteiger partial charge is 0.481 e. The molecule has 0 aromatic carbocycles. The molecule has 1 aromatic rings. The SMILES string of the molecule is O=C(N[C@@H]1CCC[C@@H]1C(=O)O)c1ccncc1Cl. The molecule has 0 unspecified atom stereocenters. The van der Waals surface area contributed by atoms with Crippen molar-refractivity contribution >= 4 is 23.5 Å². The van der Waals surface area contributed by atoms with Gasteiger partial charge < -0.3 is 10.4 Å². The number of carbonyl (C=O) groups is 2. The van der Waals surface area contributed by atoms with Gasteiger partial charge in [-0.1, -0.05) is 18.0 Å². The van der Waals surface area contributed by atoms with E-state index in [2.05, 4.69) is 10.3 Å². The predicted octanol–water partition coefficient (Wildman–Crippen LogP) is 1.72. The zero-order chi connectivity index (χ0) is 13.1. The molecule has 1 heterocycles. The van der Waals surface area contributed by atoms with Crippen molar-refractivity contribution in [3.8, 4) is 0 Å². The highest BCUT2D eigenvalue weighted by atomic mass is 35.5. The number of halogens is 1. The highest BCUT2D eigenvalue weighted by Crippen LogP contribution is 2.26. The first kappa shape index (κ1) is 12.8. The van der Waals surface area contributed by atoms with Crippen LogP contribution in [-0.2, 0) is 4.79 Å². The molecule has 1 aliphatic rings. The Balaban J connectivity index is 2.08. The molecule has 18 heavy (non-hydrogen) atoms. The number of hydrogen-bond donors (Lipinski definition) is 2. The van der Waals surface area contributed by atoms with E-state index in [1.54, 1.807) is 0 Å². The highest BCUT2D eigenvalue weighted by Gasteiger charge is 2.34. The van der Waals surface area contributed by atoms with Crippen molar-refractivity contribution in [1.82, 2.24) is 10.3 Å². The third-order valence-corrected chi connectivity index (χ3v) is 3.47. The average Bonchev–Trinajstić information content (AvgIpc) is 2.77. The van der Waals surface area contributed by atoms with E-state index in [-0.39, 0.29) is 17.0 Å². The predicted molar refractivity (Wildman–Crippen MR) is 65.5 cm³/mol. The number of aliphatic carboxylic acids is 1. The number of carbonyl (C=O) groups excluding carboxylic acids is 1. The lowest BCUT2D eigenvalue weighted by Gasteiger charge is -2.17. The number of amides is 1. The molecule has 2 rings (SSSR count). The van der Waals surface area contributed by atoms with E-state index in [1.165, 1.54) is 18.5 Å². The van der Waals surface area contributed by atoms with Crippen LogP contribution in [-0.4, -0.2) is 28.0 Å². The Bertz CT molecular complexity index is 478. The quantitative estimate of drug-likeness (QED) is 0.875. The molecule has 1 aliphatic carbocycles. The Kier molecular flexibility index (Phi) is 3.81. The van der Waals surface area contributed by atoms with E-state index in [1.807, 2.05) is 0 Å². The fraction of sp³-hybridized carbons (Fsp3) is 0.417. The number of aromatic nitrogens is 1. The lowest BCUT2D eigenvalue weighted by molar-refractivity contribution is -0.142. The molecule has 96 valence electrons. The first-order valence-corrected chi connectivity index (χ1v) is 6.10. The van der Waals surface area contributed by atoms with Gasteiger partial charge in [0.2, 0.25) is 0 Å². The Morgan fingerprint density at radius 1 is 1.44 bits per heavy atom. The maximum Gasteiger partial charge on any atom is 0.308 e. The molecule has 0 aliphatic heterocycles. The van der Waals surface area contributed by atoms with Gasteiger partial charge in [0.1, 0.15) is 0 Å². The minimum absolute atomic E-state index is 0.264. The summed E-state index contributed by atoms with van der Waals surface area (Å²) in [6.07, 6.45) is 4.96. The van der Waals surface area contributed by atoms with Crippen LogP contribution in [0.15, 0.2) is 18.5 Å². The molecule has 0 saturated heterocycles. The van der Waals surface area contributed by atoms with Gasteiger partial charge in [0.15, 0.2) is 0 Å². The number of hydrogen-bond acceptors (Lipinski definition) is 3. The standard InChI is InChI=1S/C12H13ClN2O3/c13-9-6-14-5-4-7(9)11(16)15-10-3-1-2-8(10)12(17)18/h4-6,8,10H,1-3H2,(H,15,16)(H,17,18)/t8-,10+/m0/s1. The molecule has 0 radical (unpaired) electrons. The Morgan fingerprint density at radius 2 is 2.22 bits per heavy atom.